The van der Waals surface area contributed by atoms with Gasteiger partial charge in [-0.3, -0.25) is 4.79 Å². The zero-order valence-corrected chi connectivity index (χ0v) is 15.7. The van der Waals surface area contributed by atoms with Gasteiger partial charge in [0.1, 0.15) is 5.75 Å². The number of hydrogen-bond donors (Lipinski definition) is 1. The third-order valence-corrected chi connectivity index (χ3v) is 3.86. The van der Waals surface area contributed by atoms with E-state index in [9.17, 15) is 4.79 Å². The number of benzene rings is 2. The van der Waals surface area contributed by atoms with Crippen LogP contribution in [0.25, 0.3) is 0 Å². The van der Waals surface area contributed by atoms with Crippen molar-refractivity contribution in [1.29, 1.82) is 0 Å². The Labute approximate surface area is 153 Å². The van der Waals surface area contributed by atoms with E-state index in [-0.39, 0.29) is 5.91 Å². The molecular weight excluding hydrogens is 423 g/mol. The average Bonchev–Trinajstić information content (AvgIpc) is 2.61. The molecule has 24 heavy (non-hydrogen) atoms. The van der Waals surface area contributed by atoms with Crippen LogP contribution in [0, 0.1) is 3.57 Å². The first kappa shape index (κ1) is 18.1. The van der Waals surface area contributed by atoms with Gasteiger partial charge >= 0.3 is 0 Å². The Kier molecular flexibility index (Phi) is 6.42. The van der Waals surface area contributed by atoms with Crippen LogP contribution in [0.4, 0.5) is 0 Å². The van der Waals surface area contributed by atoms with E-state index in [1.165, 1.54) is 6.21 Å². The monoisotopic (exact) mass is 440 g/mol. The van der Waals surface area contributed by atoms with Gasteiger partial charge in [0, 0.05) is 20.8 Å². The van der Waals surface area contributed by atoms with Crippen molar-refractivity contribution in [2.75, 3.05) is 21.3 Å². The van der Waals surface area contributed by atoms with Crippen LogP contribution in [-0.2, 0) is 0 Å². The molecular formula is C17H17IN2O4. The molecule has 0 spiro atoms. The Morgan fingerprint density at radius 1 is 1.04 bits per heavy atom. The minimum Gasteiger partial charge on any atom is -0.496 e. The van der Waals surface area contributed by atoms with Crippen LogP contribution in [0.15, 0.2) is 41.5 Å². The Hall–Kier alpha value is -2.29. The lowest BCUT2D eigenvalue weighted by atomic mass is 10.2. The number of carbonyl (C=O) groups excluding carboxylic acids is 1. The minimum atomic E-state index is -0.288. The predicted octanol–water partition coefficient (Wildman–Crippen LogP) is 3.08. The molecule has 0 unspecified atom stereocenters. The SMILES string of the molecule is COc1cc(OC)c(OC)cc1/C=N\NC(=O)c1cccc(I)c1. The molecule has 126 valence electrons. The zero-order valence-electron chi connectivity index (χ0n) is 13.5. The molecule has 0 atom stereocenters. The predicted molar refractivity (Wildman–Crippen MR) is 100 cm³/mol. The van der Waals surface area contributed by atoms with Crippen molar-refractivity contribution in [3.8, 4) is 17.2 Å². The quantitative estimate of drug-likeness (QED) is 0.426. The molecule has 0 radical (unpaired) electrons. The largest absolute Gasteiger partial charge is 0.496 e. The number of nitrogens with one attached hydrogen (secondary N) is 1. The lowest BCUT2D eigenvalue weighted by Crippen LogP contribution is -2.17. The molecule has 6 nitrogen and oxygen atoms in total. The van der Waals surface area contributed by atoms with Gasteiger partial charge in [-0.25, -0.2) is 5.43 Å². The van der Waals surface area contributed by atoms with E-state index in [4.69, 9.17) is 14.2 Å². The summed E-state index contributed by atoms with van der Waals surface area (Å²) < 4.78 is 16.8. The molecule has 0 saturated heterocycles. The van der Waals surface area contributed by atoms with Gasteiger partial charge in [-0.2, -0.15) is 5.10 Å². The van der Waals surface area contributed by atoms with Crippen molar-refractivity contribution < 1.29 is 19.0 Å². The fourth-order valence-corrected chi connectivity index (χ4v) is 2.55. The van der Waals surface area contributed by atoms with Gasteiger partial charge in [-0.05, 0) is 46.9 Å². The van der Waals surface area contributed by atoms with E-state index in [0.717, 1.165) is 3.57 Å². The molecule has 0 saturated carbocycles. The Morgan fingerprint density at radius 2 is 1.71 bits per heavy atom. The second-order valence-electron chi connectivity index (χ2n) is 4.66. The fourth-order valence-electron chi connectivity index (χ4n) is 2.01. The number of ether oxygens (including phenoxy) is 3. The first-order valence-electron chi connectivity index (χ1n) is 6.98. The number of rotatable bonds is 6. The van der Waals surface area contributed by atoms with E-state index in [0.29, 0.717) is 28.4 Å². The van der Waals surface area contributed by atoms with Crippen LogP contribution in [0.5, 0.6) is 17.2 Å². The third kappa shape index (κ3) is 4.38. The highest BCUT2D eigenvalue weighted by Crippen LogP contribution is 2.33. The van der Waals surface area contributed by atoms with Crippen LogP contribution >= 0.6 is 22.6 Å². The molecule has 0 fully saturated rings. The molecule has 1 amide bonds. The second kappa shape index (κ2) is 8.53. The van der Waals surface area contributed by atoms with Gasteiger partial charge in [-0.15, -0.1) is 0 Å². The van der Waals surface area contributed by atoms with Crippen molar-refractivity contribution in [2.24, 2.45) is 5.10 Å². The molecule has 0 aliphatic rings. The molecule has 2 aromatic carbocycles. The summed E-state index contributed by atoms with van der Waals surface area (Å²) in [7, 11) is 4.64. The maximum Gasteiger partial charge on any atom is 0.271 e. The molecule has 1 N–H and O–H groups in total. The Morgan fingerprint density at radius 3 is 2.33 bits per heavy atom. The summed E-state index contributed by atoms with van der Waals surface area (Å²) >= 11 is 2.15. The van der Waals surface area contributed by atoms with Crippen LogP contribution in [0.3, 0.4) is 0 Å². The van der Waals surface area contributed by atoms with Gasteiger partial charge in [0.15, 0.2) is 11.5 Å². The van der Waals surface area contributed by atoms with Gasteiger partial charge in [0.05, 0.1) is 27.5 Å². The standard InChI is InChI=1S/C17H17IN2O4/c1-22-14-9-16(24-3)15(23-2)8-12(14)10-19-20-17(21)11-5-4-6-13(18)7-11/h4-10H,1-3H3,(H,20,21)/b19-10-. The molecule has 0 aliphatic heterocycles. The molecule has 2 rings (SSSR count). The van der Waals surface area contributed by atoms with Crippen molar-refractivity contribution in [3.63, 3.8) is 0 Å². The van der Waals surface area contributed by atoms with E-state index in [2.05, 4.69) is 33.1 Å². The summed E-state index contributed by atoms with van der Waals surface area (Å²) in [6.45, 7) is 0. The highest BCUT2D eigenvalue weighted by Gasteiger charge is 2.10. The van der Waals surface area contributed by atoms with Crippen molar-refractivity contribution >= 4 is 34.7 Å². The first-order chi connectivity index (χ1) is 11.6. The van der Waals surface area contributed by atoms with Crippen molar-refractivity contribution in [2.45, 2.75) is 0 Å². The minimum absolute atomic E-state index is 0.288. The molecule has 2 aromatic rings. The Balaban J connectivity index is 2.17. The first-order valence-corrected chi connectivity index (χ1v) is 8.06. The smallest absolute Gasteiger partial charge is 0.271 e. The molecule has 7 heteroatoms. The van der Waals surface area contributed by atoms with Crippen LogP contribution < -0.4 is 19.6 Å². The normalized spacial score (nSPS) is 10.5. The summed E-state index contributed by atoms with van der Waals surface area (Å²) in [6, 6.07) is 10.7. The lowest BCUT2D eigenvalue weighted by Gasteiger charge is -2.11. The van der Waals surface area contributed by atoms with Gasteiger partial charge in [-0.1, -0.05) is 6.07 Å². The van der Waals surface area contributed by atoms with E-state index < -0.39 is 0 Å². The lowest BCUT2D eigenvalue weighted by molar-refractivity contribution is 0.0955. The summed E-state index contributed by atoms with van der Waals surface area (Å²) in [5.74, 6) is 1.36. The summed E-state index contributed by atoms with van der Waals surface area (Å²) in [5, 5.41) is 3.98. The van der Waals surface area contributed by atoms with Crippen molar-refractivity contribution in [3.05, 3.63) is 51.1 Å². The number of hydrazone groups is 1. The number of hydrogen-bond acceptors (Lipinski definition) is 5. The number of methoxy groups -OCH3 is 3. The van der Waals surface area contributed by atoms with Crippen LogP contribution in [0.2, 0.25) is 0 Å². The van der Waals surface area contributed by atoms with Gasteiger partial charge in [0.25, 0.3) is 5.91 Å². The zero-order chi connectivity index (χ0) is 17.5. The topological polar surface area (TPSA) is 69.2 Å². The van der Waals surface area contributed by atoms with Gasteiger partial charge in [0.2, 0.25) is 0 Å². The molecule has 0 heterocycles. The molecule has 0 bridgehead atoms. The summed E-state index contributed by atoms with van der Waals surface area (Å²) in [4.78, 5) is 12.1. The Bertz CT molecular complexity index is 762. The molecule has 0 aromatic heterocycles. The second-order valence-corrected chi connectivity index (χ2v) is 5.90. The summed E-state index contributed by atoms with van der Waals surface area (Å²) in [6.07, 6.45) is 1.49. The number of carbonyl (C=O) groups is 1. The fraction of sp³-hybridized carbons (Fsp3) is 0.176. The van der Waals surface area contributed by atoms with E-state index in [1.54, 1.807) is 45.6 Å². The highest BCUT2D eigenvalue weighted by atomic mass is 127. The third-order valence-electron chi connectivity index (χ3n) is 3.19. The van der Waals surface area contributed by atoms with Crippen molar-refractivity contribution in [1.82, 2.24) is 5.43 Å². The maximum atomic E-state index is 12.1. The maximum absolute atomic E-state index is 12.1. The number of halogens is 1. The number of amides is 1. The average molecular weight is 440 g/mol. The van der Waals surface area contributed by atoms with E-state index in [1.807, 2.05) is 12.1 Å². The van der Waals surface area contributed by atoms with Gasteiger partial charge < -0.3 is 14.2 Å². The summed E-state index contributed by atoms with van der Waals surface area (Å²) in [5.41, 5.74) is 3.68. The highest BCUT2D eigenvalue weighted by molar-refractivity contribution is 14.1. The van der Waals surface area contributed by atoms with E-state index >= 15 is 0 Å². The van der Waals surface area contributed by atoms with Crippen LogP contribution in [-0.4, -0.2) is 33.5 Å². The molecule has 0 aliphatic carbocycles. The van der Waals surface area contributed by atoms with Crippen LogP contribution in [0.1, 0.15) is 15.9 Å². The number of nitrogens with zero attached hydrogens (tertiary/aromatic N) is 1.